The fraction of sp³-hybridized carbons (Fsp3) is 0.273. The number of carbonyl (C=O) groups is 1. The summed E-state index contributed by atoms with van der Waals surface area (Å²) in [5.41, 5.74) is 7.07. The molecular weight excluding hydrogens is 419 g/mol. The van der Waals surface area contributed by atoms with Crippen molar-refractivity contribution in [3.05, 3.63) is 73.3 Å². The van der Waals surface area contributed by atoms with Crippen LogP contribution in [0.25, 0.3) is 11.1 Å². The van der Waals surface area contributed by atoms with Crippen molar-refractivity contribution in [1.29, 1.82) is 0 Å². The number of rotatable bonds is 4. The Hall–Kier alpha value is -3.33. The van der Waals surface area contributed by atoms with E-state index in [0.717, 1.165) is 10.4 Å². The third-order valence-electron chi connectivity index (χ3n) is 5.25. The molecule has 0 radical (unpaired) electrons. The summed E-state index contributed by atoms with van der Waals surface area (Å²) in [6, 6.07) is 7.85. The fourth-order valence-corrected chi connectivity index (χ4v) is 4.79. The van der Waals surface area contributed by atoms with E-state index in [2.05, 4.69) is 31.8 Å². The molecule has 160 valence electrons. The van der Waals surface area contributed by atoms with Crippen LogP contribution in [0.2, 0.25) is 0 Å². The van der Waals surface area contributed by atoms with Crippen molar-refractivity contribution in [2.75, 3.05) is 5.73 Å². The Morgan fingerprint density at radius 1 is 1.29 bits per heavy atom. The normalized spacial score (nSPS) is 13.5. The first-order valence-electron chi connectivity index (χ1n) is 9.66. The molecule has 3 heterocycles. The third kappa shape index (κ3) is 3.76. The van der Waals surface area contributed by atoms with E-state index in [1.54, 1.807) is 17.0 Å². The molecule has 2 aromatic heterocycles. The number of hydrogen-bond acceptors (Lipinski definition) is 6. The largest absolute Gasteiger partial charge is 0.378 e. The number of carbonyl (C=O) groups excluding carboxylic acids is 1. The number of amides is 1. The summed E-state index contributed by atoms with van der Waals surface area (Å²) in [6.07, 6.45) is 1.34. The van der Waals surface area contributed by atoms with Gasteiger partial charge in [-0.25, -0.2) is 9.37 Å². The Bertz CT molecular complexity index is 1220. The smallest absolute Gasteiger partial charge is 0.318 e. The second-order valence-electron chi connectivity index (χ2n) is 8.53. The molecule has 1 aliphatic heterocycles. The molecule has 0 atom stereocenters. The zero-order valence-electron chi connectivity index (χ0n) is 17.3. The summed E-state index contributed by atoms with van der Waals surface area (Å²) in [7, 11) is 0. The van der Waals surface area contributed by atoms with E-state index in [9.17, 15) is 19.3 Å². The molecule has 0 saturated carbocycles. The van der Waals surface area contributed by atoms with Crippen LogP contribution in [0.3, 0.4) is 0 Å². The first-order valence-corrected chi connectivity index (χ1v) is 10.5. The number of thiophene rings is 1. The highest BCUT2D eigenvalue weighted by Gasteiger charge is 2.32. The summed E-state index contributed by atoms with van der Waals surface area (Å²) in [6.45, 7) is 6.88. The minimum atomic E-state index is -0.628. The van der Waals surface area contributed by atoms with Crippen LogP contribution >= 0.6 is 11.3 Å². The van der Waals surface area contributed by atoms with Gasteiger partial charge < -0.3 is 10.6 Å². The van der Waals surface area contributed by atoms with E-state index >= 15 is 0 Å². The summed E-state index contributed by atoms with van der Waals surface area (Å²) in [5.74, 6) is -0.868. The lowest BCUT2D eigenvalue weighted by molar-refractivity contribution is -0.383. The highest BCUT2D eigenvalue weighted by Crippen LogP contribution is 2.38. The van der Waals surface area contributed by atoms with Gasteiger partial charge in [-0.05, 0) is 34.7 Å². The summed E-state index contributed by atoms with van der Waals surface area (Å²) >= 11 is 1.49. The maximum atomic E-state index is 14.9. The van der Waals surface area contributed by atoms with Gasteiger partial charge in [0.25, 0.3) is 5.91 Å². The molecule has 0 bridgehead atoms. The van der Waals surface area contributed by atoms with Crippen molar-refractivity contribution in [2.24, 2.45) is 0 Å². The van der Waals surface area contributed by atoms with E-state index in [0.29, 0.717) is 22.5 Å². The molecule has 0 unspecified atom stereocenters. The fourth-order valence-electron chi connectivity index (χ4n) is 3.59. The Morgan fingerprint density at radius 3 is 2.65 bits per heavy atom. The molecular formula is C22H21FN4O3S. The number of nitrogens with zero attached hydrogens (tertiary/aromatic N) is 3. The molecule has 0 aliphatic carbocycles. The van der Waals surface area contributed by atoms with Gasteiger partial charge in [0.1, 0.15) is 5.82 Å². The van der Waals surface area contributed by atoms with Crippen molar-refractivity contribution >= 4 is 28.7 Å². The molecule has 1 aliphatic rings. The molecule has 31 heavy (non-hydrogen) atoms. The number of anilines is 1. The maximum absolute atomic E-state index is 14.9. The van der Waals surface area contributed by atoms with Gasteiger partial charge in [-0.3, -0.25) is 14.9 Å². The highest BCUT2D eigenvalue weighted by atomic mass is 32.1. The number of pyridine rings is 1. The molecule has 1 aromatic carbocycles. The molecule has 2 N–H and O–H groups in total. The summed E-state index contributed by atoms with van der Waals surface area (Å²) in [5, 5.41) is 11.4. The molecule has 1 amide bonds. The van der Waals surface area contributed by atoms with Crippen LogP contribution in [-0.4, -0.2) is 20.7 Å². The predicted octanol–water partition coefficient (Wildman–Crippen LogP) is 4.89. The highest BCUT2D eigenvalue weighted by molar-refractivity contribution is 7.14. The van der Waals surface area contributed by atoms with E-state index in [1.807, 2.05) is 0 Å². The number of halogens is 1. The van der Waals surface area contributed by atoms with Crippen molar-refractivity contribution in [3.8, 4) is 11.1 Å². The van der Waals surface area contributed by atoms with Gasteiger partial charge in [-0.2, -0.15) is 0 Å². The number of hydrogen-bond donors (Lipinski definition) is 1. The van der Waals surface area contributed by atoms with Gasteiger partial charge in [0, 0.05) is 29.7 Å². The summed E-state index contributed by atoms with van der Waals surface area (Å²) < 4.78 is 14.9. The number of fused-ring (bicyclic) bond motifs is 1. The van der Waals surface area contributed by atoms with Gasteiger partial charge in [0.2, 0.25) is 5.82 Å². The number of aromatic nitrogens is 1. The van der Waals surface area contributed by atoms with Crippen molar-refractivity contribution < 1.29 is 14.1 Å². The molecule has 0 fully saturated rings. The number of nitrogens with two attached hydrogens (primary N) is 1. The van der Waals surface area contributed by atoms with Crippen LogP contribution in [0.5, 0.6) is 0 Å². The number of nitro groups is 1. The SMILES string of the molecule is CC(C)(C)c1cc2c(s1)C(=O)N(Cc1ccc(-c3ccnc(N)c3[N+](=O)[O-])cc1F)C2. The average molecular weight is 441 g/mol. The lowest BCUT2D eigenvalue weighted by Gasteiger charge is -2.19. The van der Waals surface area contributed by atoms with Crippen LogP contribution in [-0.2, 0) is 18.5 Å². The molecule has 9 heteroatoms. The lowest BCUT2D eigenvalue weighted by atomic mass is 9.94. The van der Waals surface area contributed by atoms with E-state index in [4.69, 9.17) is 5.73 Å². The van der Waals surface area contributed by atoms with E-state index < -0.39 is 10.7 Å². The van der Waals surface area contributed by atoms with Crippen LogP contribution in [0.1, 0.15) is 46.4 Å². The molecule has 3 aromatic rings. The minimum absolute atomic E-state index is 0.0268. The van der Waals surface area contributed by atoms with Crippen molar-refractivity contribution in [2.45, 2.75) is 39.3 Å². The van der Waals surface area contributed by atoms with Gasteiger partial charge in [-0.1, -0.05) is 32.9 Å². The van der Waals surface area contributed by atoms with Crippen LogP contribution in [0, 0.1) is 15.9 Å². The maximum Gasteiger partial charge on any atom is 0.318 e. The number of benzene rings is 1. The van der Waals surface area contributed by atoms with Gasteiger partial charge >= 0.3 is 5.69 Å². The molecule has 7 nitrogen and oxygen atoms in total. The minimum Gasteiger partial charge on any atom is -0.378 e. The van der Waals surface area contributed by atoms with Gasteiger partial charge in [0.15, 0.2) is 0 Å². The monoisotopic (exact) mass is 440 g/mol. The van der Waals surface area contributed by atoms with Gasteiger partial charge in [-0.15, -0.1) is 11.3 Å². The predicted molar refractivity (Wildman–Crippen MR) is 117 cm³/mol. The Balaban J connectivity index is 1.58. The zero-order chi connectivity index (χ0) is 22.5. The topological polar surface area (TPSA) is 102 Å². The lowest BCUT2D eigenvalue weighted by Crippen LogP contribution is -2.24. The second-order valence-corrected chi connectivity index (χ2v) is 9.58. The third-order valence-corrected chi connectivity index (χ3v) is 6.84. The van der Waals surface area contributed by atoms with Crippen LogP contribution in [0.4, 0.5) is 15.9 Å². The average Bonchev–Trinajstić information content (AvgIpc) is 3.23. The van der Waals surface area contributed by atoms with Crippen molar-refractivity contribution in [3.63, 3.8) is 0 Å². The Morgan fingerprint density at radius 2 is 2.03 bits per heavy atom. The van der Waals surface area contributed by atoms with E-state index in [-0.39, 0.29) is 34.9 Å². The van der Waals surface area contributed by atoms with E-state index in [1.165, 1.54) is 29.7 Å². The Labute approximate surface area is 182 Å². The quantitative estimate of drug-likeness (QED) is 0.459. The second kappa shape index (κ2) is 7.42. The molecule has 4 rings (SSSR count). The van der Waals surface area contributed by atoms with Gasteiger partial charge in [0.05, 0.1) is 15.4 Å². The molecule has 0 saturated heterocycles. The van der Waals surface area contributed by atoms with Crippen LogP contribution < -0.4 is 5.73 Å². The number of nitrogen functional groups attached to an aromatic ring is 1. The standard InChI is InChI=1S/C22H21FN4O3S/c1-22(2,3)17-9-14-11-26(21(28)19(14)31-17)10-13-5-4-12(8-16(13)23)15-6-7-25-20(24)18(15)27(29)30/h4-9H,10-11H2,1-3H3,(H2,24,25). The molecule has 0 spiro atoms. The van der Waals surface area contributed by atoms with Crippen LogP contribution in [0.15, 0.2) is 36.5 Å². The first-order chi connectivity index (χ1) is 14.6. The summed E-state index contributed by atoms with van der Waals surface area (Å²) in [4.78, 5) is 30.8. The zero-order valence-corrected chi connectivity index (χ0v) is 18.1. The Kier molecular flexibility index (Phi) is 5.01. The van der Waals surface area contributed by atoms with Crippen molar-refractivity contribution in [1.82, 2.24) is 9.88 Å². The first kappa shape index (κ1) is 20.9.